The maximum Gasteiger partial charge on any atom is 0.339 e. The predicted molar refractivity (Wildman–Crippen MR) is 99.5 cm³/mol. The van der Waals surface area contributed by atoms with E-state index in [1.165, 1.54) is 0 Å². The third kappa shape index (κ3) is 2.96. The number of rotatable bonds is 4. The fraction of sp³-hybridized carbons (Fsp3) is 0.238. The maximum absolute atomic E-state index is 12.1. The molecule has 0 spiro atoms. The van der Waals surface area contributed by atoms with Gasteiger partial charge in [-0.2, -0.15) is 0 Å². The predicted octanol–water partition coefficient (Wildman–Crippen LogP) is 3.85. The molecule has 0 aliphatic heterocycles. The molecular weight excluding hydrogens is 330 g/mol. The van der Waals surface area contributed by atoms with Gasteiger partial charge in [0.1, 0.15) is 23.7 Å². The molecule has 5 heteroatoms. The van der Waals surface area contributed by atoms with Crippen LogP contribution in [0.5, 0.6) is 5.75 Å². The molecule has 0 radical (unpaired) electrons. The quantitative estimate of drug-likeness (QED) is 0.336. The van der Waals surface area contributed by atoms with Crippen LogP contribution in [-0.2, 0) is 12.8 Å². The van der Waals surface area contributed by atoms with Crippen LogP contribution in [-0.4, -0.2) is 17.5 Å². The summed E-state index contributed by atoms with van der Waals surface area (Å²) in [6.07, 6.45) is 2.69. The summed E-state index contributed by atoms with van der Waals surface area (Å²) in [6, 6.07) is 13.2. The highest BCUT2D eigenvalue weighted by molar-refractivity contribution is 6.01. The van der Waals surface area contributed by atoms with Gasteiger partial charge in [0.15, 0.2) is 0 Å². The first-order chi connectivity index (χ1) is 12.7. The minimum Gasteiger partial charge on any atom is -0.487 e. The fourth-order valence-corrected chi connectivity index (χ4v) is 3.42. The number of hydrogen-bond acceptors (Lipinski definition) is 5. The van der Waals surface area contributed by atoms with Gasteiger partial charge >= 0.3 is 5.63 Å². The van der Waals surface area contributed by atoms with Crippen LogP contribution in [0.15, 0.2) is 56.8 Å². The zero-order chi connectivity index (χ0) is 18.1. The molecule has 1 aromatic heterocycles. The van der Waals surface area contributed by atoms with E-state index in [4.69, 9.17) is 9.15 Å². The zero-order valence-corrected chi connectivity index (χ0v) is 14.5. The highest BCUT2D eigenvalue weighted by atomic mass is 16.5. The summed E-state index contributed by atoms with van der Waals surface area (Å²) in [7, 11) is 0. The third-order valence-corrected chi connectivity index (χ3v) is 4.83. The number of aryl methyl sites for hydroxylation is 2. The molecule has 0 atom stereocenters. The van der Waals surface area contributed by atoms with Crippen LogP contribution in [0.3, 0.4) is 0 Å². The van der Waals surface area contributed by atoms with Crippen LogP contribution in [0.4, 0.5) is 0 Å². The number of nitrogens with zero attached hydrogens (tertiary/aromatic N) is 1. The van der Waals surface area contributed by atoms with Gasteiger partial charge in [0.2, 0.25) is 0 Å². The molecule has 1 heterocycles. The fourth-order valence-electron chi connectivity index (χ4n) is 3.42. The summed E-state index contributed by atoms with van der Waals surface area (Å²) >= 11 is 0. The molecule has 1 N–H and O–H groups in total. The standard InChI is InChI=1S/C21H19NO4/c1-13-5-7-14(8-6-13)19(22-24)12-25-15-9-10-17-16-3-2-4-18(16)21(23)26-20(17)11-15/h5-11,24H,2-4,12H2,1H3/b22-19+. The minimum atomic E-state index is -0.251. The van der Waals surface area contributed by atoms with Crippen molar-refractivity contribution in [2.75, 3.05) is 6.61 Å². The van der Waals surface area contributed by atoms with Gasteiger partial charge in [-0.05, 0) is 43.9 Å². The van der Waals surface area contributed by atoms with E-state index >= 15 is 0 Å². The Hall–Kier alpha value is -3.08. The number of fused-ring (bicyclic) bond motifs is 3. The number of oxime groups is 1. The Kier molecular flexibility index (Phi) is 4.21. The van der Waals surface area contributed by atoms with E-state index in [1.807, 2.05) is 43.3 Å². The summed E-state index contributed by atoms with van der Waals surface area (Å²) in [5.41, 5.74) is 4.54. The Morgan fingerprint density at radius 2 is 1.92 bits per heavy atom. The van der Waals surface area contributed by atoms with Crippen LogP contribution < -0.4 is 10.4 Å². The molecular formula is C21H19NO4. The molecule has 0 amide bonds. The molecule has 0 saturated carbocycles. The first kappa shape index (κ1) is 16.4. The van der Waals surface area contributed by atoms with Crippen molar-refractivity contribution in [1.29, 1.82) is 0 Å². The lowest BCUT2D eigenvalue weighted by Gasteiger charge is -2.10. The van der Waals surface area contributed by atoms with Crippen molar-refractivity contribution in [1.82, 2.24) is 0 Å². The summed E-state index contributed by atoms with van der Waals surface area (Å²) < 4.78 is 11.2. The highest BCUT2D eigenvalue weighted by Crippen LogP contribution is 2.29. The van der Waals surface area contributed by atoms with Crippen LogP contribution >= 0.6 is 0 Å². The second-order valence-corrected chi connectivity index (χ2v) is 6.56. The first-order valence-electron chi connectivity index (χ1n) is 8.65. The lowest BCUT2D eigenvalue weighted by Crippen LogP contribution is -2.13. The molecule has 0 fully saturated rings. The van der Waals surface area contributed by atoms with Crippen molar-refractivity contribution >= 4 is 16.7 Å². The number of hydrogen-bond donors (Lipinski definition) is 1. The van der Waals surface area contributed by atoms with E-state index < -0.39 is 0 Å². The minimum absolute atomic E-state index is 0.111. The highest BCUT2D eigenvalue weighted by Gasteiger charge is 2.19. The van der Waals surface area contributed by atoms with E-state index in [-0.39, 0.29) is 12.2 Å². The molecule has 4 rings (SSSR count). The van der Waals surface area contributed by atoms with Gasteiger partial charge in [-0.25, -0.2) is 4.79 Å². The Morgan fingerprint density at radius 1 is 1.15 bits per heavy atom. The van der Waals surface area contributed by atoms with Crippen LogP contribution in [0, 0.1) is 6.92 Å². The Morgan fingerprint density at radius 3 is 2.69 bits per heavy atom. The van der Waals surface area contributed by atoms with Gasteiger partial charge in [0, 0.05) is 22.6 Å². The van der Waals surface area contributed by atoms with E-state index in [1.54, 1.807) is 6.07 Å². The van der Waals surface area contributed by atoms with Crippen LogP contribution in [0.2, 0.25) is 0 Å². The molecule has 2 aromatic carbocycles. The smallest absolute Gasteiger partial charge is 0.339 e. The summed E-state index contributed by atoms with van der Waals surface area (Å²) in [6.45, 7) is 2.11. The molecule has 5 nitrogen and oxygen atoms in total. The van der Waals surface area contributed by atoms with E-state index in [9.17, 15) is 10.0 Å². The molecule has 26 heavy (non-hydrogen) atoms. The third-order valence-electron chi connectivity index (χ3n) is 4.83. The van der Waals surface area contributed by atoms with Crippen molar-refractivity contribution < 1.29 is 14.4 Å². The zero-order valence-electron chi connectivity index (χ0n) is 14.5. The van der Waals surface area contributed by atoms with Crippen molar-refractivity contribution in [3.8, 4) is 5.75 Å². The van der Waals surface area contributed by atoms with Crippen molar-refractivity contribution in [3.05, 3.63) is 75.1 Å². The largest absolute Gasteiger partial charge is 0.487 e. The molecule has 0 unspecified atom stereocenters. The van der Waals surface area contributed by atoms with Gasteiger partial charge in [-0.3, -0.25) is 0 Å². The normalized spacial score (nSPS) is 13.8. The average Bonchev–Trinajstić information content (AvgIpc) is 3.14. The topological polar surface area (TPSA) is 72.0 Å². The Labute approximate surface area is 150 Å². The SMILES string of the molecule is Cc1ccc(/C(COc2ccc3c4c(c(=O)oc3c2)CCC4)=N/O)cc1. The molecule has 3 aromatic rings. The molecule has 1 aliphatic rings. The van der Waals surface area contributed by atoms with Crippen molar-refractivity contribution in [3.63, 3.8) is 0 Å². The van der Waals surface area contributed by atoms with Crippen molar-refractivity contribution in [2.45, 2.75) is 26.2 Å². The Bertz CT molecular complexity index is 1050. The summed E-state index contributed by atoms with van der Waals surface area (Å²) in [5, 5.41) is 13.6. The lowest BCUT2D eigenvalue weighted by atomic mass is 10.1. The van der Waals surface area contributed by atoms with E-state index in [0.717, 1.165) is 46.9 Å². The first-order valence-corrected chi connectivity index (χ1v) is 8.65. The van der Waals surface area contributed by atoms with Gasteiger partial charge in [-0.1, -0.05) is 35.0 Å². The van der Waals surface area contributed by atoms with Gasteiger partial charge in [-0.15, -0.1) is 0 Å². The van der Waals surface area contributed by atoms with E-state index in [0.29, 0.717) is 17.0 Å². The molecule has 132 valence electrons. The maximum atomic E-state index is 12.1. The van der Waals surface area contributed by atoms with Gasteiger partial charge in [0.25, 0.3) is 0 Å². The lowest BCUT2D eigenvalue weighted by molar-refractivity contribution is 0.308. The number of ether oxygens (including phenoxy) is 1. The molecule has 0 saturated heterocycles. The van der Waals surface area contributed by atoms with Crippen LogP contribution in [0.1, 0.15) is 28.7 Å². The second kappa shape index (κ2) is 6.67. The Balaban J connectivity index is 1.58. The molecule has 1 aliphatic carbocycles. The van der Waals surface area contributed by atoms with Gasteiger partial charge in [0.05, 0.1) is 0 Å². The number of benzene rings is 2. The monoisotopic (exact) mass is 349 g/mol. The van der Waals surface area contributed by atoms with Crippen molar-refractivity contribution in [2.24, 2.45) is 5.16 Å². The average molecular weight is 349 g/mol. The van der Waals surface area contributed by atoms with Crippen LogP contribution in [0.25, 0.3) is 11.0 Å². The molecule has 0 bridgehead atoms. The summed E-state index contributed by atoms with van der Waals surface area (Å²) in [5.74, 6) is 0.562. The second-order valence-electron chi connectivity index (χ2n) is 6.56. The van der Waals surface area contributed by atoms with Gasteiger partial charge < -0.3 is 14.4 Å². The summed E-state index contributed by atoms with van der Waals surface area (Å²) in [4.78, 5) is 12.1. The van der Waals surface area contributed by atoms with E-state index in [2.05, 4.69) is 5.16 Å².